The van der Waals surface area contributed by atoms with Gasteiger partial charge in [0.05, 0.1) is 0 Å². The Morgan fingerprint density at radius 2 is 2.07 bits per heavy atom. The van der Waals surface area contributed by atoms with Crippen LogP contribution in [0.5, 0.6) is 0 Å². The molecule has 1 atom stereocenters. The Hall–Kier alpha value is -0.220. The summed E-state index contributed by atoms with van der Waals surface area (Å²) in [6.07, 6.45) is 1.63. The Morgan fingerprint density at radius 1 is 1.43 bits per heavy atom. The molecule has 3 N–H and O–H groups in total. The van der Waals surface area contributed by atoms with Crippen LogP contribution in [0.3, 0.4) is 0 Å². The van der Waals surface area contributed by atoms with E-state index in [-0.39, 0.29) is 11.9 Å². The SMILES string of the molecule is CC(C)NC(=O)CCSC(C)CCN. The summed E-state index contributed by atoms with van der Waals surface area (Å²) in [4.78, 5) is 11.2. The number of hydrogen-bond acceptors (Lipinski definition) is 3. The molecule has 0 aliphatic carbocycles. The predicted octanol–water partition coefficient (Wildman–Crippen LogP) is 1.37. The fourth-order valence-corrected chi connectivity index (χ4v) is 2.07. The zero-order chi connectivity index (χ0) is 11.0. The van der Waals surface area contributed by atoms with Crippen LogP contribution < -0.4 is 11.1 Å². The van der Waals surface area contributed by atoms with Crippen LogP contribution >= 0.6 is 11.8 Å². The molecule has 0 bridgehead atoms. The summed E-state index contributed by atoms with van der Waals surface area (Å²) < 4.78 is 0. The molecule has 0 saturated heterocycles. The number of amides is 1. The largest absolute Gasteiger partial charge is 0.354 e. The third-order valence-electron chi connectivity index (χ3n) is 1.75. The number of thioether (sulfide) groups is 1. The summed E-state index contributed by atoms with van der Waals surface area (Å²) in [6, 6.07) is 0.244. The van der Waals surface area contributed by atoms with Crippen LogP contribution in [0.15, 0.2) is 0 Å². The van der Waals surface area contributed by atoms with Gasteiger partial charge < -0.3 is 11.1 Å². The molecule has 84 valence electrons. The summed E-state index contributed by atoms with van der Waals surface area (Å²) in [7, 11) is 0. The molecule has 0 aliphatic heterocycles. The van der Waals surface area contributed by atoms with Crippen LogP contribution in [0.1, 0.15) is 33.6 Å². The Bertz CT molecular complexity index is 162. The molecular weight excluding hydrogens is 196 g/mol. The highest BCUT2D eigenvalue weighted by Gasteiger charge is 2.05. The van der Waals surface area contributed by atoms with Crippen molar-refractivity contribution in [2.75, 3.05) is 12.3 Å². The van der Waals surface area contributed by atoms with Gasteiger partial charge in [-0.1, -0.05) is 6.92 Å². The topological polar surface area (TPSA) is 55.1 Å². The molecule has 3 nitrogen and oxygen atoms in total. The standard InChI is InChI=1S/C10H22N2OS/c1-8(2)12-10(13)5-7-14-9(3)4-6-11/h8-9H,4-7,11H2,1-3H3,(H,12,13). The Kier molecular flexibility index (Phi) is 7.99. The van der Waals surface area contributed by atoms with Crippen molar-refractivity contribution < 1.29 is 4.79 Å². The van der Waals surface area contributed by atoms with E-state index >= 15 is 0 Å². The third kappa shape index (κ3) is 8.38. The normalized spacial score (nSPS) is 12.9. The van der Waals surface area contributed by atoms with Crippen molar-refractivity contribution in [3.8, 4) is 0 Å². The van der Waals surface area contributed by atoms with Gasteiger partial charge in [0.15, 0.2) is 0 Å². The Labute approximate surface area is 91.2 Å². The molecule has 0 radical (unpaired) electrons. The van der Waals surface area contributed by atoms with Crippen molar-refractivity contribution in [2.24, 2.45) is 5.73 Å². The van der Waals surface area contributed by atoms with Crippen LogP contribution in [0.2, 0.25) is 0 Å². The number of nitrogens with two attached hydrogens (primary N) is 1. The quantitative estimate of drug-likeness (QED) is 0.678. The molecule has 0 saturated carbocycles. The van der Waals surface area contributed by atoms with Gasteiger partial charge in [0.2, 0.25) is 5.91 Å². The minimum absolute atomic E-state index is 0.146. The van der Waals surface area contributed by atoms with Gasteiger partial charge in [0.1, 0.15) is 0 Å². The van der Waals surface area contributed by atoms with Gasteiger partial charge in [-0.2, -0.15) is 11.8 Å². The lowest BCUT2D eigenvalue weighted by atomic mass is 10.3. The highest BCUT2D eigenvalue weighted by Crippen LogP contribution is 2.13. The van der Waals surface area contributed by atoms with Crippen LogP contribution in [-0.4, -0.2) is 29.5 Å². The van der Waals surface area contributed by atoms with Crippen molar-refractivity contribution in [1.29, 1.82) is 0 Å². The van der Waals surface area contributed by atoms with E-state index in [4.69, 9.17) is 5.73 Å². The minimum atomic E-state index is 0.146. The third-order valence-corrected chi connectivity index (χ3v) is 3.00. The van der Waals surface area contributed by atoms with Gasteiger partial charge in [-0.15, -0.1) is 0 Å². The summed E-state index contributed by atoms with van der Waals surface area (Å²) in [5.74, 6) is 1.03. The van der Waals surface area contributed by atoms with Crippen LogP contribution in [-0.2, 0) is 4.79 Å². The first-order valence-corrected chi connectivity index (χ1v) is 6.22. The zero-order valence-corrected chi connectivity index (χ0v) is 10.2. The van der Waals surface area contributed by atoms with Gasteiger partial charge >= 0.3 is 0 Å². The monoisotopic (exact) mass is 218 g/mol. The first-order chi connectivity index (χ1) is 6.56. The average Bonchev–Trinajstić information content (AvgIpc) is 2.02. The van der Waals surface area contributed by atoms with E-state index in [0.717, 1.165) is 18.7 Å². The van der Waals surface area contributed by atoms with Crippen LogP contribution in [0.25, 0.3) is 0 Å². The van der Waals surface area contributed by atoms with Crippen molar-refractivity contribution in [1.82, 2.24) is 5.32 Å². The summed E-state index contributed by atoms with van der Waals surface area (Å²) in [5, 5.41) is 3.43. The molecule has 14 heavy (non-hydrogen) atoms. The van der Waals surface area contributed by atoms with E-state index in [2.05, 4.69) is 12.2 Å². The van der Waals surface area contributed by atoms with E-state index in [0.29, 0.717) is 11.7 Å². The lowest BCUT2D eigenvalue weighted by molar-refractivity contribution is -0.121. The number of carbonyl (C=O) groups is 1. The molecule has 0 rings (SSSR count). The molecular formula is C10H22N2OS. The summed E-state index contributed by atoms with van der Waals surface area (Å²) in [5.41, 5.74) is 5.43. The maximum atomic E-state index is 11.2. The molecule has 0 aromatic rings. The molecule has 0 aromatic heterocycles. The predicted molar refractivity (Wildman–Crippen MR) is 63.5 cm³/mol. The van der Waals surface area contributed by atoms with Crippen molar-refractivity contribution in [3.63, 3.8) is 0 Å². The van der Waals surface area contributed by atoms with Crippen LogP contribution in [0.4, 0.5) is 0 Å². The van der Waals surface area contributed by atoms with Gasteiger partial charge in [0.25, 0.3) is 0 Å². The maximum Gasteiger partial charge on any atom is 0.221 e. The molecule has 0 fully saturated rings. The number of nitrogens with one attached hydrogen (secondary N) is 1. The van der Waals surface area contributed by atoms with Gasteiger partial charge in [0, 0.05) is 23.5 Å². The Morgan fingerprint density at radius 3 is 2.57 bits per heavy atom. The molecule has 4 heteroatoms. The first kappa shape index (κ1) is 13.8. The molecule has 1 unspecified atom stereocenters. The molecule has 0 aromatic carbocycles. The average molecular weight is 218 g/mol. The van der Waals surface area contributed by atoms with E-state index < -0.39 is 0 Å². The van der Waals surface area contributed by atoms with Crippen molar-refractivity contribution in [3.05, 3.63) is 0 Å². The van der Waals surface area contributed by atoms with Gasteiger partial charge in [-0.05, 0) is 26.8 Å². The first-order valence-electron chi connectivity index (χ1n) is 5.17. The van der Waals surface area contributed by atoms with Gasteiger partial charge in [-0.25, -0.2) is 0 Å². The maximum absolute atomic E-state index is 11.2. The highest BCUT2D eigenvalue weighted by atomic mass is 32.2. The fraction of sp³-hybridized carbons (Fsp3) is 0.900. The van der Waals surface area contributed by atoms with E-state index in [1.54, 1.807) is 0 Å². The second-order valence-corrected chi connectivity index (χ2v) is 5.28. The second-order valence-electron chi connectivity index (χ2n) is 3.73. The Balaban J connectivity index is 3.39. The summed E-state index contributed by atoms with van der Waals surface area (Å²) >= 11 is 1.82. The highest BCUT2D eigenvalue weighted by molar-refractivity contribution is 7.99. The number of rotatable bonds is 7. The second kappa shape index (κ2) is 8.12. The lowest BCUT2D eigenvalue weighted by Gasteiger charge is -2.10. The smallest absolute Gasteiger partial charge is 0.221 e. The molecule has 1 amide bonds. The fourth-order valence-electron chi connectivity index (χ4n) is 1.06. The zero-order valence-electron chi connectivity index (χ0n) is 9.38. The van der Waals surface area contributed by atoms with E-state index in [1.807, 2.05) is 25.6 Å². The number of carbonyl (C=O) groups excluding carboxylic acids is 1. The summed E-state index contributed by atoms with van der Waals surface area (Å²) in [6.45, 7) is 6.83. The minimum Gasteiger partial charge on any atom is -0.354 e. The molecule has 0 spiro atoms. The van der Waals surface area contributed by atoms with Crippen molar-refractivity contribution in [2.45, 2.75) is 44.9 Å². The van der Waals surface area contributed by atoms with Gasteiger partial charge in [-0.3, -0.25) is 4.79 Å². The molecule has 0 heterocycles. The number of hydrogen-bond donors (Lipinski definition) is 2. The molecule has 0 aliphatic rings. The van der Waals surface area contributed by atoms with E-state index in [1.165, 1.54) is 0 Å². The van der Waals surface area contributed by atoms with Crippen LogP contribution in [0, 0.1) is 0 Å². The van der Waals surface area contributed by atoms with Crippen molar-refractivity contribution >= 4 is 17.7 Å². The lowest BCUT2D eigenvalue weighted by Crippen LogP contribution is -2.30. The van der Waals surface area contributed by atoms with E-state index in [9.17, 15) is 4.79 Å².